The summed E-state index contributed by atoms with van der Waals surface area (Å²) < 4.78 is 5.38. The zero-order valence-electron chi connectivity index (χ0n) is 12.5. The Bertz CT molecular complexity index is 564. The summed E-state index contributed by atoms with van der Waals surface area (Å²) in [5, 5.41) is 2.92. The Morgan fingerprint density at radius 2 is 1.76 bits per heavy atom. The number of hydrogen-bond acceptors (Lipinski definition) is 2. The van der Waals surface area contributed by atoms with Gasteiger partial charge >= 0.3 is 0 Å². The van der Waals surface area contributed by atoms with Crippen LogP contribution in [0.3, 0.4) is 0 Å². The van der Waals surface area contributed by atoms with E-state index in [0.717, 1.165) is 11.4 Å². The SMILES string of the molecule is CCOc1ccc(NC(=O)C[C@H](C)c2ccccc2)cc1. The summed E-state index contributed by atoms with van der Waals surface area (Å²) >= 11 is 0. The van der Waals surface area contributed by atoms with E-state index < -0.39 is 0 Å². The molecule has 3 nitrogen and oxygen atoms in total. The van der Waals surface area contributed by atoms with Gasteiger partial charge in [0.1, 0.15) is 5.75 Å². The quantitative estimate of drug-likeness (QED) is 0.862. The van der Waals surface area contributed by atoms with Gasteiger partial charge in [0.2, 0.25) is 5.91 Å². The van der Waals surface area contributed by atoms with Crippen LogP contribution in [0, 0.1) is 0 Å². The molecule has 1 N–H and O–H groups in total. The average molecular weight is 283 g/mol. The Morgan fingerprint density at radius 1 is 1.10 bits per heavy atom. The van der Waals surface area contributed by atoms with E-state index in [4.69, 9.17) is 4.74 Å². The molecule has 0 unspecified atom stereocenters. The third kappa shape index (κ3) is 4.63. The van der Waals surface area contributed by atoms with Crippen LogP contribution in [0.2, 0.25) is 0 Å². The highest BCUT2D eigenvalue weighted by atomic mass is 16.5. The van der Waals surface area contributed by atoms with Gasteiger partial charge in [-0.15, -0.1) is 0 Å². The van der Waals surface area contributed by atoms with Gasteiger partial charge in [-0.2, -0.15) is 0 Å². The first kappa shape index (κ1) is 15.1. The van der Waals surface area contributed by atoms with Crippen molar-refractivity contribution in [1.29, 1.82) is 0 Å². The Hall–Kier alpha value is -2.29. The van der Waals surface area contributed by atoms with Crippen LogP contribution < -0.4 is 10.1 Å². The van der Waals surface area contributed by atoms with Gasteiger partial charge in [0.25, 0.3) is 0 Å². The molecule has 110 valence electrons. The minimum absolute atomic E-state index is 0.0236. The lowest BCUT2D eigenvalue weighted by Gasteiger charge is -2.12. The minimum Gasteiger partial charge on any atom is -0.494 e. The fourth-order valence-electron chi connectivity index (χ4n) is 2.19. The van der Waals surface area contributed by atoms with Gasteiger partial charge < -0.3 is 10.1 Å². The minimum atomic E-state index is 0.0236. The zero-order chi connectivity index (χ0) is 15.1. The molecule has 2 aromatic rings. The van der Waals surface area contributed by atoms with Crippen molar-refractivity contribution < 1.29 is 9.53 Å². The number of carbonyl (C=O) groups is 1. The van der Waals surface area contributed by atoms with Gasteiger partial charge in [-0.3, -0.25) is 4.79 Å². The van der Waals surface area contributed by atoms with Crippen LogP contribution in [0.1, 0.15) is 31.7 Å². The van der Waals surface area contributed by atoms with Crippen LogP contribution >= 0.6 is 0 Å². The van der Waals surface area contributed by atoms with Crippen LogP contribution in [0.25, 0.3) is 0 Å². The van der Waals surface area contributed by atoms with Crippen molar-refractivity contribution >= 4 is 11.6 Å². The maximum Gasteiger partial charge on any atom is 0.224 e. The first-order valence-corrected chi connectivity index (χ1v) is 7.26. The van der Waals surface area contributed by atoms with E-state index in [-0.39, 0.29) is 11.8 Å². The molecule has 2 aromatic carbocycles. The Morgan fingerprint density at radius 3 is 2.38 bits per heavy atom. The van der Waals surface area contributed by atoms with E-state index in [2.05, 4.69) is 24.4 Å². The molecular formula is C18H21NO2. The van der Waals surface area contributed by atoms with E-state index in [1.165, 1.54) is 5.56 Å². The van der Waals surface area contributed by atoms with E-state index in [9.17, 15) is 4.79 Å². The maximum atomic E-state index is 12.1. The van der Waals surface area contributed by atoms with Crippen molar-refractivity contribution in [2.75, 3.05) is 11.9 Å². The predicted molar refractivity (Wildman–Crippen MR) is 85.7 cm³/mol. The molecule has 0 bridgehead atoms. The molecule has 0 aliphatic heterocycles. The molecule has 3 heteroatoms. The topological polar surface area (TPSA) is 38.3 Å². The number of nitrogens with one attached hydrogen (secondary N) is 1. The number of hydrogen-bond donors (Lipinski definition) is 1. The summed E-state index contributed by atoms with van der Waals surface area (Å²) in [6, 6.07) is 17.5. The highest BCUT2D eigenvalue weighted by Crippen LogP contribution is 2.20. The first-order chi connectivity index (χ1) is 10.2. The summed E-state index contributed by atoms with van der Waals surface area (Å²) in [6.07, 6.45) is 0.469. The molecule has 1 atom stereocenters. The summed E-state index contributed by atoms with van der Waals surface area (Å²) in [5.74, 6) is 1.04. The van der Waals surface area contributed by atoms with Crippen LogP contribution in [0.5, 0.6) is 5.75 Å². The predicted octanol–water partition coefficient (Wildman–Crippen LogP) is 4.22. The molecule has 0 radical (unpaired) electrons. The lowest BCUT2D eigenvalue weighted by Crippen LogP contribution is -2.14. The third-order valence-corrected chi connectivity index (χ3v) is 3.31. The molecule has 0 spiro atoms. The Kier molecular flexibility index (Phi) is 5.38. The summed E-state index contributed by atoms with van der Waals surface area (Å²) in [4.78, 5) is 12.1. The van der Waals surface area contributed by atoms with E-state index in [1.807, 2.05) is 49.4 Å². The van der Waals surface area contributed by atoms with Gasteiger partial charge in [0.05, 0.1) is 6.61 Å². The first-order valence-electron chi connectivity index (χ1n) is 7.26. The lowest BCUT2D eigenvalue weighted by atomic mass is 9.97. The molecule has 0 heterocycles. The van der Waals surface area contributed by atoms with Gasteiger partial charge in [-0.05, 0) is 42.7 Å². The molecule has 0 saturated heterocycles. The number of benzene rings is 2. The molecule has 0 fully saturated rings. The molecule has 0 aliphatic rings. The number of amides is 1. The van der Waals surface area contributed by atoms with E-state index in [1.54, 1.807) is 0 Å². The van der Waals surface area contributed by atoms with Gasteiger partial charge in [-0.25, -0.2) is 0 Å². The summed E-state index contributed by atoms with van der Waals surface area (Å²) in [5.41, 5.74) is 1.98. The zero-order valence-corrected chi connectivity index (χ0v) is 12.5. The van der Waals surface area contributed by atoms with Crippen molar-refractivity contribution in [2.24, 2.45) is 0 Å². The van der Waals surface area contributed by atoms with Crippen molar-refractivity contribution in [3.05, 3.63) is 60.2 Å². The molecule has 0 saturated carbocycles. The molecule has 1 amide bonds. The van der Waals surface area contributed by atoms with E-state index in [0.29, 0.717) is 13.0 Å². The fourth-order valence-corrected chi connectivity index (χ4v) is 2.19. The largest absolute Gasteiger partial charge is 0.494 e. The molecule has 0 aromatic heterocycles. The van der Waals surface area contributed by atoms with Crippen LogP contribution in [0.4, 0.5) is 5.69 Å². The van der Waals surface area contributed by atoms with Crippen molar-refractivity contribution in [2.45, 2.75) is 26.2 Å². The summed E-state index contributed by atoms with van der Waals surface area (Å²) in [7, 11) is 0. The van der Waals surface area contributed by atoms with Crippen molar-refractivity contribution in [1.82, 2.24) is 0 Å². The number of anilines is 1. The third-order valence-electron chi connectivity index (χ3n) is 3.31. The smallest absolute Gasteiger partial charge is 0.224 e. The number of ether oxygens (including phenoxy) is 1. The van der Waals surface area contributed by atoms with Crippen molar-refractivity contribution in [3.63, 3.8) is 0 Å². The van der Waals surface area contributed by atoms with Crippen LogP contribution in [0.15, 0.2) is 54.6 Å². The second kappa shape index (κ2) is 7.48. The standard InChI is InChI=1S/C18H21NO2/c1-3-21-17-11-9-16(10-12-17)19-18(20)13-14(2)15-7-5-4-6-8-15/h4-12,14H,3,13H2,1-2H3,(H,19,20)/t14-/m0/s1. The average Bonchev–Trinajstić information content (AvgIpc) is 2.50. The maximum absolute atomic E-state index is 12.1. The lowest BCUT2D eigenvalue weighted by molar-refractivity contribution is -0.116. The van der Waals surface area contributed by atoms with Gasteiger partial charge in [-0.1, -0.05) is 37.3 Å². The van der Waals surface area contributed by atoms with E-state index >= 15 is 0 Å². The molecule has 2 rings (SSSR count). The molecule has 21 heavy (non-hydrogen) atoms. The van der Waals surface area contributed by atoms with Crippen LogP contribution in [-0.4, -0.2) is 12.5 Å². The number of carbonyl (C=O) groups excluding carboxylic acids is 1. The fraction of sp³-hybridized carbons (Fsp3) is 0.278. The summed E-state index contributed by atoms with van der Waals surface area (Å²) in [6.45, 7) is 4.65. The second-order valence-electron chi connectivity index (χ2n) is 5.02. The Labute approximate surface area is 126 Å². The second-order valence-corrected chi connectivity index (χ2v) is 5.02. The number of rotatable bonds is 6. The Balaban J connectivity index is 1.89. The normalized spacial score (nSPS) is 11.7. The van der Waals surface area contributed by atoms with Gasteiger partial charge in [0.15, 0.2) is 0 Å². The van der Waals surface area contributed by atoms with Crippen LogP contribution in [-0.2, 0) is 4.79 Å². The molecule has 0 aliphatic carbocycles. The highest BCUT2D eigenvalue weighted by molar-refractivity contribution is 5.91. The highest BCUT2D eigenvalue weighted by Gasteiger charge is 2.11. The van der Waals surface area contributed by atoms with Crippen molar-refractivity contribution in [3.8, 4) is 5.75 Å². The van der Waals surface area contributed by atoms with Gasteiger partial charge in [0, 0.05) is 12.1 Å². The monoisotopic (exact) mass is 283 g/mol. The molecular weight excluding hydrogens is 262 g/mol.